The molecule has 28 heavy (non-hydrogen) atoms. The Morgan fingerprint density at radius 1 is 0.714 bits per heavy atom. The number of rotatable bonds is 10. The van der Waals surface area contributed by atoms with Gasteiger partial charge in [0, 0.05) is 0 Å². The van der Waals surface area contributed by atoms with E-state index in [0.717, 1.165) is 5.75 Å². The first-order chi connectivity index (χ1) is 13.8. The van der Waals surface area contributed by atoms with Crippen molar-refractivity contribution in [2.24, 2.45) is 0 Å². The van der Waals surface area contributed by atoms with Crippen molar-refractivity contribution in [2.45, 2.75) is 26.2 Å². The van der Waals surface area contributed by atoms with Crippen LogP contribution in [0.1, 0.15) is 26.2 Å². The Morgan fingerprint density at radius 2 is 1.25 bits per heavy atom. The molecular weight excluding hydrogens is 365 g/mol. The van der Waals surface area contributed by atoms with E-state index < -0.39 is 13.9 Å². The second kappa shape index (κ2) is 10.4. The van der Waals surface area contributed by atoms with Gasteiger partial charge < -0.3 is 0 Å². The van der Waals surface area contributed by atoms with Crippen LogP contribution in [0.5, 0.6) is 5.75 Å². The summed E-state index contributed by atoms with van der Waals surface area (Å²) in [5.41, 5.74) is 0. The summed E-state index contributed by atoms with van der Waals surface area (Å²) >= 11 is 0. The molecule has 0 saturated carbocycles. The summed E-state index contributed by atoms with van der Waals surface area (Å²) < 4.78 is 17.9. The summed E-state index contributed by atoms with van der Waals surface area (Å²) in [7, 11) is -2.14. The molecule has 0 N–H and O–H groups in total. The molecular formula is C25H30FOP. The topological polar surface area (TPSA) is 9.23 Å². The number of hydrogen-bond acceptors (Lipinski definition) is 1. The summed E-state index contributed by atoms with van der Waals surface area (Å²) in [6, 6.07) is 30.3. The Bertz CT molecular complexity index is 779. The summed E-state index contributed by atoms with van der Waals surface area (Å²) in [6.07, 6.45) is 4.85. The third-order valence-electron chi connectivity index (χ3n) is 5.38. The van der Waals surface area contributed by atoms with Crippen molar-refractivity contribution < 1.29 is 9.13 Å². The molecule has 0 aliphatic rings. The zero-order valence-electron chi connectivity index (χ0n) is 16.6. The summed E-state index contributed by atoms with van der Waals surface area (Å²) in [6.45, 7) is 1.90. The fraction of sp³-hybridized carbons (Fsp3) is 0.280. The monoisotopic (exact) mass is 395 g/mol. The fourth-order valence-corrected chi connectivity index (χ4v) is 8.92. The Labute approximate surface area is 168 Å². The van der Waals surface area contributed by atoms with E-state index in [9.17, 15) is 4.39 Å². The molecule has 1 nitrogen and oxygen atoms in total. The van der Waals surface area contributed by atoms with Gasteiger partial charge >= 0.3 is 169 Å². The molecule has 0 unspecified atom stereocenters. The zero-order valence-corrected chi connectivity index (χ0v) is 17.6. The summed E-state index contributed by atoms with van der Waals surface area (Å²) in [5.74, 6) is 0.735. The van der Waals surface area contributed by atoms with Gasteiger partial charge in [-0.25, -0.2) is 0 Å². The molecule has 3 aromatic carbocycles. The van der Waals surface area contributed by atoms with Crippen molar-refractivity contribution in [2.75, 3.05) is 19.4 Å². The predicted molar refractivity (Wildman–Crippen MR) is 122 cm³/mol. The van der Waals surface area contributed by atoms with Gasteiger partial charge in [-0.2, -0.15) is 0 Å². The van der Waals surface area contributed by atoms with Crippen molar-refractivity contribution in [1.29, 1.82) is 0 Å². The van der Waals surface area contributed by atoms with E-state index in [4.69, 9.17) is 4.74 Å². The molecule has 0 spiro atoms. The van der Waals surface area contributed by atoms with Gasteiger partial charge in [-0.3, -0.25) is 0 Å². The average Bonchev–Trinajstić information content (AvgIpc) is 2.77. The Kier molecular flexibility index (Phi) is 7.62. The molecule has 0 bridgehead atoms. The maximum atomic E-state index is 12.4. The number of alkyl halides is 1. The molecule has 0 amide bonds. The van der Waals surface area contributed by atoms with Crippen molar-refractivity contribution in [3.63, 3.8) is 0 Å². The fourth-order valence-electron chi connectivity index (χ4n) is 4.01. The molecule has 3 heteroatoms. The first-order valence-corrected chi connectivity index (χ1v) is 12.4. The molecule has 3 rings (SSSR count). The molecule has 0 fully saturated rings. The van der Waals surface area contributed by atoms with Gasteiger partial charge in [0.05, 0.1) is 0 Å². The van der Waals surface area contributed by atoms with Crippen LogP contribution < -0.4 is 20.7 Å². The van der Waals surface area contributed by atoms with Gasteiger partial charge in [-0.05, 0) is 0 Å². The maximum absolute atomic E-state index is 12.4. The molecule has 0 heterocycles. The normalized spacial score (nSPS) is 11.9. The predicted octanol–water partition coefficient (Wildman–Crippen LogP) is 5.25. The minimum atomic E-state index is -2.14. The molecule has 148 valence electrons. The molecule has 0 saturated heterocycles. The van der Waals surface area contributed by atoms with Crippen LogP contribution in [0.25, 0.3) is 0 Å². The summed E-state index contributed by atoms with van der Waals surface area (Å²) in [4.78, 5) is 0. The first kappa shape index (κ1) is 20.6. The van der Waals surface area contributed by atoms with Crippen LogP contribution in [0.2, 0.25) is 0 Å². The molecule has 0 aromatic heterocycles. The minimum absolute atomic E-state index is 0.107. The second-order valence-electron chi connectivity index (χ2n) is 7.16. The van der Waals surface area contributed by atoms with Crippen LogP contribution >= 0.6 is 7.26 Å². The van der Waals surface area contributed by atoms with Crippen molar-refractivity contribution in [1.82, 2.24) is 0 Å². The van der Waals surface area contributed by atoms with Gasteiger partial charge in [-0.15, -0.1) is 0 Å². The Balaban J connectivity index is 2.11. The number of ether oxygens (including phenoxy) is 1. The third-order valence-corrected chi connectivity index (χ3v) is 10.4. The van der Waals surface area contributed by atoms with E-state index in [0.29, 0.717) is 0 Å². The van der Waals surface area contributed by atoms with E-state index >= 15 is 0 Å². The Hall–Kier alpha value is -2.18. The molecule has 0 aliphatic heterocycles. The zero-order chi connectivity index (χ0) is 19.7. The number of halogens is 1. The number of benzene rings is 3. The molecule has 3 aromatic rings. The SMILES string of the molecule is CCCCC[PH](c1ccccc1)(c1ccccc1)c1ccc(OCC[18F])cc1. The molecule has 0 radical (unpaired) electrons. The van der Waals surface area contributed by atoms with Gasteiger partial charge in [0.1, 0.15) is 0 Å². The average molecular weight is 395 g/mol. The number of unbranched alkanes of at least 4 members (excludes halogenated alkanes) is 2. The van der Waals surface area contributed by atoms with Crippen LogP contribution in [-0.2, 0) is 0 Å². The van der Waals surface area contributed by atoms with E-state index in [1.165, 1.54) is 41.3 Å². The van der Waals surface area contributed by atoms with Crippen LogP contribution in [0.3, 0.4) is 0 Å². The van der Waals surface area contributed by atoms with Gasteiger partial charge in [0.15, 0.2) is 0 Å². The molecule has 0 aliphatic carbocycles. The number of hydrogen-bond donors (Lipinski definition) is 0. The van der Waals surface area contributed by atoms with Crippen LogP contribution in [-0.4, -0.2) is 19.4 Å². The van der Waals surface area contributed by atoms with Gasteiger partial charge in [0.25, 0.3) is 0 Å². The van der Waals surface area contributed by atoms with E-state index in [2.05, 4.69) is 79.7 Å². The van der Waals surface area contributed by atoms with Crippen molar-refractivity contribution in [3.05, 3.63) is 84.9 Å². The van der Waals surface area contributed by atoms with Crippen LogP contribution in [0.15, 0.2) is 84.9 Å². The first-order valence-electron chi connectivity index (χ1n) is 10.2. The second-order valence-corrected chi connectivity index (χ2v) is 11.2. The summed E-state index contributed by atoms with van der Waals surface area (Å²) in [5, 5.41) is 4.26. The standard InChI is InChI=1S/C25H30FOP/c1-2-3-10-21-28(23-11-6-4-7-12-23,24-13-8-5-9-14-24)25-17-15-22(16-18-25)27-20-19-26/h4-9,11-18,28H,2-3,10,19-21H2,1H3/i26-1. The van der Waals surface area contributed by atoms with E-state index in [-0.39, 0.29) is 6.61 Å². The van der Waals surface area contributed by atoms with Gasteiger partial charge in [-0.1, -0.05) is 0 Å². The van der Waals surface area contributed by atoms with Crippen molar-refractivity contribution in [3.8, 4) is 5.75 Å². The van der Waals surface area contributed by atoms with E-state index in [1.54, 1.807) is 0 Å². The van der Waals surface area contributed by atoms with Crippen LogP contribution in [0.4, 0.5) is 4.39 Å². The Morgan fingerprint density at radius 3 is 1.75 bits per heavy atom. The van der Waals surface area contributed by atoms with Crippen LogP contribution in [0, 0.1) is 0 Å². The van der Waals surface area contributed by atoms with E-state index in [1.807, 2.05) is 12.1 Å². The van der Waals surface area contributed by atoms with Gasteiger partial charge in [0.2, 0.25) is 0 Å². The molecule has 0 atom stereocenters. The quantitative estimate of drug-likeness (QED) is 0.336. The van der Waals surface area contributed by atoms with Crippen molar-refractivity contribution >= 4 is 23.2 Å². The third kappa shape index (κ3) is 4.62.